The average Bonchev–Trinajstić information content (AvgIpc) is 3.16. The molecular weight excluding hydrogens is 478 g/mol. The van der Waals surface area contributed by atoms with Gasteiger partial charge in [-0.25, -0.2) is 0 Å². The molecule has 4 rings (SSSR count). The van der Waals surface area contributed by atoms with Gasteiger partial charge in [-0.1, -0.05) is 50.3 Å². The van der Waals surface area contributed by atoms with Gasteiger partial charge in [0.2, 0.25) is 4.96 Å². The Hall–Kier alpha value is -3.72. The van der Waals surface area contributed by atoms with E-state index in [0.717, 1.165) is 34.6 Å². The van der Waals surface area contributed by atoms with E-state index in [1.807, 2.05) is 49.4 Å². The summed E-state index contributed by atoms with van der Waals surface area (Å²) in [6.45, 7) is 7.42. The molecule has 0 bridgehead atoms. The lowest BCUT2D eigenvalue weighted by Crippen LogP contribution is -2.28. The van der Waals surface area contributed by atoms with Gasteiger partial charge in [-0.05, 0) is 53.8 Å². The molecule has 2 aromatic carbocycles. The smallest absolute Gasteiger partial charge is 0.296 e. The number of rotatable bonds is 10. The standard InChI is InChI=1S/C27H29N3O5S/c1-5-12-34-20-9-6-18(7-10-20)13-21-25(31)28-27-30(29-21)26(32)24(36-27)15-19-8-11-22(23(14-19)33-4)35-16-17(2)3/h6-11,14-15,17H,5,12-13,16H2,1-4H3/b24-15-. The number of thiazole rings is 1. The Morgan fingerprint density at radius 1 is 1.06 bits per heavy atom. The zero-order chi connectivity index (χ0) is 25.7. The van der Waals surface area contributed by atoms with Crippen molar-refractivity contribution in [3.8, 4) is 17.2 Å². The second kappa shape index (κ2) is 11.3. The van der Waals surface area contributed by atoms with Gasteiger partial charge >= 0.3 is 0 Å². The zero-order valence-electron chi connectivity index (χ0n) is 20.8. The Kier molecular flexibility index (Phi) is 8.00. The Morgan fingerprint density at radius 3 is 2.53 bits per heavy atom. The van der Waals surface area contributed by atoms with Crippen LogP contribution in [0.5, 0.6) is 17.2 Å². The maximum Gasteiger partial charge on any atom is 0.296 e. The summed E-state index contributed by atoms with van der Waals surface area (Å²) in [5.41, 5.74) is 1.09. The zero-order valence-corrected chi connectivity index (χ0v) is 21.6. The fourth-order valence-electron chi connectivity index (χ4n) is 3.47. The van der Waals surface area contributed by atoms with Gasteiger partial charge in [-0.2, -0.15) is 14.6 Å². The summed E-state index contributed by atoms with van der Waals surface area (Å²) >= 11 is 1.12. The lowest BCUT2D eigenvalue weighted by molar-refractivity contribution is 0.257. The quantitative estimate of drug-likeness (QED) is 0.325. The van der Waals surface area contributed by atoms with E-state index in [1.165, 1.54) is 4.52 Å². The monoisotopic (exact) mass is 507 g/mol. The third-order valence-electron chi connectivity index (χ3n) is 5.28. The maximum absolute atomic E-state index is 13.1. The lowest BCUT2D eigenvalue weighted by atomic mass is 10.1. The topological polar surface area (TPSA) is 92.0 Å². The Labute approximate surface area is 212 Å². The van der Waals surface area contributed by atoms with Crippen molar-refractivity contribution in [2.45, 2.75) is 33.6 Å². The molecule has 188 valence electrons. The number of ether oxygens (including phenoxy) is 3. The van der Waals surface area contributed by atoms with Crippen molar-refractivity contribution in [2.24, 2.45) is 5.92 Å². The first kappa shape index (κ1) is 25.4. The van der Waals surface area contributed by atoms with Crippen LogP contribution in [-0.4, -0.2) is 34.9 Å². The first-order valence-electron chi connectivity index (χ1n) is 11.8. The molecule has 2 heterocycles. The van der Waals surface area contributed by atoms with Crippen LogP contribution >= 0.6 is 11.3 Å². The van der Waals surface area contributed by atoms with Crippen LogP contribution in [0.2, 0.25) is 0 Å². The molecule has 36 heavy (non-hydrogen) atoms. The predicted octanol–water partition coefficient (Wildman–Crippen LogP) is 3.48. The molecule has 9 heteroatoms. The van der Waals surface area contributed by atoms with Gasteiger partial charge in [-0.15, -0.1) is 0 Å². The van der Waals surface area contributed by atoms with Gasteiger partial charge in [0.25, 0.3) is 11.1 Å². The molecule has 0 N–H and O–H groups in total. The van der Waals surface area contributed by atoms with E-state index in [9.17, 15) is 9.59 Å². The van der Waals surface area contributed by atoms with E-state index in [2.05, 4.69) is 23.9 Å². The van der Waals surface area contributed by atoms with Crippen molar-refractivity contribution in [1.82, 2.24) is 14.6 Å². The molecule has 8 nitrogen and oxygen atoms in total. The molecule has 2 aromatic heterocycles. The van der Waals surface area contributed by atoms with Crippen LogP contribution in [0, 0.1) is 5.92 Å². The summed E-state index contributed by atoms with van der Waals surface area (Å²) < 4.78 is 18.5. The second-order valence-corrected chi connectivity index (χ2v) is 9.77. The largest absolute Gasteiger partial charge is 0.494 e. The molecule has 0 saturated heterocycles. The SMILES string of the molecule is CCCOc1ccc(Cc2nn3c(=O)/c(=C/c4ccc(OCC(C)C)c(OC)c4)sc3nc2=O)cc1. The van der Waals surface area contributed by atoms with E-state index in [-0.39, 0.29) is 22.6 Å². The van der Waals surface area contributed by atoms with Crippen molar-refractivity contribution in [1.29, 1.82) is 0 Å². The summed E-state index contributed by atoms with van der Waals surface area (Å²) in [4.78, 5) is 30.0. The van der Waals surface area contributed by atoms with E-state index >= 15 is 0 Å². The Morgan fingerprint density at radius 2 is 1.83 bits per heavy atom. The van der Waals surface area contributed by atoms with Gasteiger partial charge in [0.15, 0.2) is 11.5 Å². The molecule has 0 fully saturated rings. The van der Waals surface area contributed by atoms with Crippen LogP contribution in [0.1, 0.15) is 44.0 Å². The Bertz CT molecular complexity index is 1510. The molecule has 0 atom stereocenters. The number of methoxy groups -OCH3 is 1. The first-order valence-corrected chi connectivity index (χ1v) is 12.7. The van der Waals surface area contributed by atoms with Crippen LogP contribution in [0.4, 0.5) is 0 Å². The highest BCUT2D eigenvalue weighted by atomic mass is 32.1. The maximum atomic E-state index is 13.1. The molecule has 4 aromatic rings. The Balaban J connectivity index is 1.62. The van der Waals surface area contributed by atoms with E-state index < -0.39 is 5.56 Å². The number of hydrogen-bond acceptors (Lipinski definition) is 8. The molecule has 0 spiro atoms. The third kappa shape index (κ3) is 5.91. The normalized spacial score (nSPS) is 11.9. The minimum atomic E-state index is -0.442. The van der Waals surface area contributed by atoms with Crippen LogP contribution in [0.3, 0.4) is 0 Å². The van der Waals surface area contributed by atoms with Crippen LogP contribution in [0.25, 0.3) is 11.0 Å². The van der Waals surface area contributed by atoms with Crippen LogP contribution in [0.15, 0.2) is 52.1 Å². The lowest BCUT2D eigenvalue weighted by Gasteiger charge is -2.12. The highest BCUT2D eigenvalue weighted by Gasteiger charge is 2.13. The van der Waals surface area contributed by atoms with E-state index in [4.69, 9.17) is 14.2 Å². The minimum Gasteiger partial charge on any atom is -0.494 e. The van der Waals surface area contributed by atoms with E-state index in [1.54, 1.807) is 13.2 Å². The molecule has 0 aliphatic rings. The third-order valence-corrected chi connectivity index (χ3v) is 6.23. The number of fused-ring (bicyclic) bond motifs is 1. The number of hydrogen-bond donors (Lipinski definition) is 0. The highest BCUT2D eigenvalue weighted by Crippen LogP contribution is 2.28. The summed E-state index contributed by atoms with van der Waals surface area (Å²) in [7, 11) is 1.58. The second-order valence-electron chi connectivity index (χ2n) is 8.76. The molecule has 0 aliphatic carbocycles. The minimum absolute atomic E-state index is 0.212. The number of aromatic nitrogens is 3. The fraction of sp³-hybridized carbons (Fsp3) is 0.333. The molecule has 0 amide bonds. The molecule has 0 unspecified atom stereocenters. The number of nitrogens with zero attached hydrogens (tertiary/aromatic N) is 3. The summed E-state index contributed by atoms with van der Waals surface area (Å²) in [6, 6.07) is 13.0. The summed E-state index contributed by atoms with van der Waals surface area (Å²) in [5, 5.41) is 4.34. The van der Waals surface area contributed by atoms with Gasteiger partial charge in [0.1, 0.15) is 11.4 Å². The molecular formula is C27H29N3O5S. The summed E-state index contributed by atoms with van der Waals surface area (Å²) in [5.74, 6) is 2.38. The first-order chi connectivity index (χ1) is 17.4. The average molecular weight is 508 g/mol. The fourth-order valence-corrected chi connectivity index (χ4v) is 4.37. The summed E-state index contributed by atoms with van der Waals surface area (Å²) in [6.07, 6.45) is 2.93. The van der Waals surface area contributed by atoms with Crippen LogP contribution < -0.4 is 29.9 Å². The number of benzene rings is 2. The van der Waals surface area contributed by atoms with Crippen LogP contribution in [-0.2, 0) is 6.42 Å². The van der Waals surface area contributed by atoms with Crippen molar-refractivity contribution < 1.29 is 14.2 Å². The van der Waals surface area contributed by atoms with Gasteiger partial charge in [-0.3, -0.25) is 9.59 Å². The van der Waals surface area contributed by atoms with Crippen molar-refractivity contribution in [2.75, 3.05) is 20.3 Å². The highest BCUT2D eigenvalue weighted by molar-refractivity contribution is 7.15. The molecule has 0 aliphatic heterocycles. The molecule has 0 radical (unpaired) electrons. The van der Waals surface area contributed by atoms with Crippen molar-refractivity contribution >= 4 is 22.4 Å². The predicted molar refractivity (Wildman–Crippen MR) is 141 cm³/mol. The van der Waals surface area contributed by atoms with Gasteiger partial charge in [0, 0.05) is 6.42 Å². The van der Waals surface area contributed by atoms with E-state index in [0.29, 0.717) is 35.2 Å². The molecule has 0 saturated carbocycles. The van der Waals surface area contributed by atoms with Crippen molar-refractivity contribution in [3.05, 3.63) is 84.5 Å². The van der Waals surface area contributed by atoms with Gasteiger partial charge < -0.3 is 14.2 Å². The van der Waals surface area contributed by atoms with Crippen molar-refractivity contribution in [3.63, 3.8) is 0 Å². The van der Waals surface area contributed by atoms with Gasteiger partial charge in [0.05, 0.1) is 24.9 Å².